The number of amides is 2. The van der Waals surface area contributed by atoms with Crippen LogP contribution >= 0.6 is 0 Å². The molecule has 2 amide bonds. The molecule has 30 heavy (non-hydrogen) atoms. The Balaban J connectivity index is 1.48. The number of fused-ring (bicyclic) bond motifs is 1. The zero-order valence-electron chi connectivity index (χ0n) is 17.0. The average Bonchev–Trinajstić information content (AvgIpc) is 3.17. The minimum atomic E-state index is -0.469. The van der Waals surface area contributed by atoms with E-state index < -0.39 is 4.92 Å². The summed E-state index contributed by atoms with van der Waals surface area (Å²) in [6, 6.07) is 6.29. The molecular formula is C21H25N5O4. The normalized spacial score (nSPS) is 17.0. The van der Waals surface area contributed by atoms with Gasteiger partial charge in [0.15, 0.2) is 5.69 Å². The highest BCUT2D eigenvalue weighted by molar-refractivity contribution is 5.94. The number of carbonyl (C=O) groups is 2. The highest BCUT2D eigenvalue weighted by Crippen LogP contribution is 2.25. The molecule has 1 aromatic heterocycles. The molecule has 9 heteroatoms. The first-order valence-electron chi connectivity index (χ1n) is 10.3. The summed E-state index contributed by atoms with van der Waals surface area (Å²) >= 11 is 0. The van der Waals surface area contributed by atoms with Gasteiger partial charge in [-0.2, -0.15) is 5.10 Å². The van der Waals surface area contributed by atoms with Gasteiger partial charge in [0.1, 0.15) is 0 Å². The van der Waals surface area contributed by atoms with Crippen molar-refractivity contribution >= 4 is 17.5 Å². The third-order valence-corrected chi connectivity index (χ3v) is 6.09. The molecule has 0 bridgehead atoms. The van der Waals surface area contributed by atoms with Crippen LogP contribution in [0.1, 0.15) is 47.1 Å². The number of nitrogens with one attached hydrogen (secondary N) is 1. The molecule has 4 rings (SSSR count). The first-order chi connectivity index (χ1) is 14.4. The van der Waals surface area contributed by atoms with Crippen LogP contribution in [0.15, 0.2) is 24.3 Å². The fraction of sp³-hybridized carbons (Fsp3) is 0.476. The number of H-pyrrole nitrogens is 1. The Morgan fingerprint density at radius 2 is 1.93 bits per heavy atom. The number of hydrogen-bond acceptors (Lipinski definition) is 5. The van der Waals surface area contributed by atoms with Gasteiger partial charge < -0.3 is 9.80 Å². The molecule has 0 aliphatic carbocycles. The van der Waals surface area contributed by atoms with E-state index in [1.807, 2.05) is 4.90 Å². The summed E-state index contributed by atoms with van der Waals surface area (Å²) in [6.07, 6.45) is 2.50. The van der Waals surface area contributed by atoms with Crippen LogP contribution in [0.3, 0.4) is 0 Å². The Hall–Kier alpha value is -3.23. The maximum absolute atomic E-state index is 13.0. The van der Waals surface area contributed by atoms with Crippen molar-refractivity contribution in [1.29, 1.82) is 0 Å². The number of rotatable bonds is 4. The molecule has 1 fully saturated rings. The Morgan fingerprint density at radius 3 is 2.67 bits per heavy atom. The Kier molecular flexibility index (Phi) is 5.52. The van der Waals surface area contributed by atoms with Gasteiger partial charge in [-0.05, 0) is 18.8 Å². The van der Waals surface area contributed by atoms with Crippen LogP contribution < -0.4 is 0 Å². The minimum Gasteiger partial charge on any atom is -0.338 e. The van der Waals surface area contributed by atoms with Crippen molar-refractivity contribution in [2.45, 2.75) is 39.2 Å². The average molecular weight is 411 g/mol. The van der Waals surface area contributed by atoms with Crippen molar-refractivity contribution < 1.29 is 14.5 Å². The number of nitro benzene ring substituents is 1. The van der Waals surface area contributed by atoms with E-state index in [4.69, 9.17) is 0 Å². The van der Waals surface area contributed by atoms with Crippen LogP contribution in [-0.2, 0) is 24.2 Å². The Morgan fingerprint density at radius 1 is 1.20 bits per heavy atom. The molecule has 1 aromatic carbocycles. The number of aromatic nitrogens is 2. The van der Waals surface area contributed by atoms with Crippen LogP contribution in [0.5, 0.6) is 0 Å². The monoisotopic (exact) mass is 411 g/mol. The predicted molar refractivity (Wildman–Crippen MR) is 109 cm³/mol. The molecule has 158 valence electrons. The zero-order chi connectivity index (χ0) is 21.3. The van der Waals surface area contributed by atoms with Crippen molar-refractivity contribution in [2.75, 3.05) is 19.6 Å². The fourth-order valence-electron chi connectivity index (χ4n) is 4.16. The van der Waals surface area contributed by atoms with Crippen LogP contribution in [0, 0.1) is 16.0 Å². The molecule has 2 aliphatic rings. The molecule has 0 radical (unpaired) electrons. The van der Waals surface area contributed by atoms with E-state index in [-0.39, 0.29) is 30.5 Å². The van der Waals surface area contributed by atoms with Gasteiger partial charge in [0, 0.05) is 55.5 Å². The summed E-state index contributed by atoms with van der Waals surface area (Å²) in [6.45, 7) is 4.42. The van der Waals surface area contributed by atoms with Gasteiger partial charge in [-0.3, -0.25) is 24.8 Å². The van der Waals surface area contributed by atoms with Crippen molar-refractivity contribution in [1.82, 2.24) is 20.0 Å². The molecule has 3 heterocycles. The lowest BCUT2D eigenvalue weighted by molar-refractivity contribution is -0.385. The molecular weight excluding hydrogens is 386 g/mol. The van der Waals surface area contributed by atoms with Gasteiger partial charge in [0.2, 0.25) is 5.91 Å². The lowest BCUT2D eigenvalue weighted by Crippen LogP contribution is -2.40. The molecule has 1 N–H and O–H groups in total. The number of likely N-dealkylation sites (tertiary alicyclic amines) is 1. The smallest absolute Gasteiger partial charge is 0.274 e. The number of nitrogens with zero attached hydrogens (tertiary/aromatic N) is 4. The van der Waals surface area contributed by atoms with E-state index >= 15 is 0 Å². The van der Waals surface area contributed by atoms with E-state index in [9.17, 15) is 19.7 Å². The largest absolute Gasteiger partial charge is 0.338 e. The molecule has 1 saturated heterocycles. The Labute approximate surface area is 174 Å². The number of piperidine rings is 1. The predicted octanol–water partition coefficient (Wildman–Crippen LogP) is 2.32. The van der Waals surface area contributed by atoms with Crippen LogP contribution in [-0.4, -0.2) is 56.4 Å². The van der Waals surface area contributed by atoms with E-state index in [1.54, 1.807) is 23.1 Å². The summed E-state index contributed by atoms with van der Waals surface area (Å²) in [7, 11) is 0. The molecule has 2 aromatic rings. The van der Waals surface area contributed by atoms with Crippen LogP contribution in [0.4, 0.5) is 5.69 Å². The highest BCUT2D eigenvalue weighted by atomic mass is 16.6. The van der Waals surface area contributed by atoms with Crippen molar-refractivity contribution in [2.24, 2.45) is 5.92 Å². The number of carbonyl (C=O) groups excluding carboxylic acids is 2. The van der Waals surface area contributed by atoms with E-state index in [1.165, 1.54) is 6.07 Å². The van der Waals surface area contributed by atoms with Crippen molar-refractivity contribution in [3.05, 3.63) is 56.9 Å². The molecule has 0 atom stereocenters. The van der Waals surface area contributed by atoms with E-state index in [0.29, 0.717) is 30.1 Å². The summed E-state index contributed by atoms with van der Waals surface area (Å²) in [4.78, 5) is 40.1. The molecule has 0 unspecified atom stereocenters. The molecule has 0 saturated carbocycles. The van der Waals surface area contributed by atoms with Gasteiger partial charge in [-0.25, -0.2) is 0 Å². The van der Waals surface area contributed by atoms with Crippen molar-refractivity contribution in [3.8, 4) is 0 Å². The second-order valence-corrected chi connectivity index (χ2v) is 8.13. The van der Waals surface area contributed by atoms with Crippen molar-refractivity contribution in [3.63, 3.8) is 0 Å². The van der Waals surface area contributed by atoms with Crippen LogP contribution in [0.2, 0.25) is 0 Å². The lowest BCUT2D eigenvalue weighted by Gasteiger charge is -2.31. The molecule has 0 spiro atoms. The maximum Gasteiger partial charge on any atom is 0.274 e. The number of benzene rings is 1. The second-order valence-electron chi connectivity index (χ2n) is 8.13. The zero-order valence-corrected chi connectivity index (χ0v) is 17.0. The second kappa shape index (κ2) is 8.25. The van der Waals surface area contributed by atoms with Gasteiger partial charge >= 0.3 is 0 Å². The summed E-state index contributed by atoms with van der Waals surface area (Å²) < 4.78 is 0. The first kappa shape index (κ1) is 20.1. The fourth-order valence-corrected chi connectivity index (χ4v) is 4.16. The lowest BCUT2D eigenvalue weighted by atomic mass is 9.98. The third kappa shape index (κ3) is 3.92. The Bertz CT molecular complexity index is 978. The maximum atomic E-state index is 13.0. The van der Waals surface area contributed by atoms with Gasteiger partial charge in [-0.15, -0.1) is 0 Å². The highest BCUT2D eigenvalue weighted by Gasteiger charge is 2.31. The molecule has 2 aliphatic heterocycles. The summed E-state index contributed by atoms with van der Waals surface area (Å²) in [5, 5.41) is 18.5. The summed E-state index contributed by atoms with van der Waals surface area (Å²) in [5.74, 6) is 0.339. The minimum absolute atomic E-state index is 0.0440. The van der Waals surface area contributed by atoms with Gasteiger partial charge in [-0.1, -0.05) is 25.1 Å². The van der Waals surface area contributed by atoms with Gasteiger partial charge in [0.05, 0.1) is 11.3 Å². The quantitative estimate of drug-likeness (QED) is 0.613. The van der Waals surface area contributed by atoms with Crippen LogP contribution in [0.25, 0.3) is 0 Å². The first-order valence-corrected chi connectivity index (χ1v) is 10.3. The topological polar surface area (TPSA) is 112 Å². The number of para-hydroxylation sites is 1. The van der Waals surface area contributed by atoms with E-state index in [2.05, 4.69) is 17.1 Å². The van der Waals surface area contributed by atoms with E-state index in [0.717, 1.165) is 37.2 Å². The standard InChI is InChI=1S/C21H25N5O4/c1-14-6-9-24(10-7-14)21(28)20-16-13-25(11-8-17(16)22-23-20)19(27)12-15-4-2-3-5-18(15)26(29)30/h2-5,14H,6-13H2,1H3,(H,22,23). The third-order valence-electron chi connectivity index (χ3n) is 6.09. The SMILES string of the molecule is CC1CCN(C(=O)c2n[nH]c3c2CN(C(=O)Cc2ccccc2[N+](=O)[O-])CC3)CC1. The summed E-state index contributed by atoms with van der Waals surface area (Å²) in [5.41, 5.74) is 2.38. The molecule has 9 nitrogen and oxygen atoms in total. The van der Waals surface area contributed by atoms with Gasteiger partial charge in [0.25, 0.3) is 11.6 Å². The number of aromatic amines is 1. The number of nitro groups is 1. The number of hydrogen-bond donors (Lipinski definition) is 1.